The number of benzene rings is 3. The number of aromatic hydroxyl groups is 1. The van der Waals surface area contributed by atoms with Crippen LogP contribution in [0.2, 0.25) is 0 Å². The minimum atomic E-state index is -0.676. The van der Waals surface area contributed by atoms with Crippen LogP contribution in [0.25, 0.3) is 0 Å². The van der Waals surface area contributed by atoms with E-state index in [1.807, 2.05) is 60.7 Å². The second-order valence-electron chi connectivity index (χ2n) is 7.39. The molecule has 0 aromatic heterocycles. The lowest BCUT2D eigenvalue weighted by atomic mass is 9.93. The van der Waals surface area contributed by atoms with Gasteiger partial charge in [0.1, 0.15) is 11.9 Å². The molecule has 29 heavy (non-hydrogen) atoms. The van der Waals surface area contributed by atoms with Crippen LogP contribution in [0, 0.1) is 5.92 Å². The van der Waals surface area contributed by atoms with Gasteiger partial charge in [-0.3, -0.25) is 0 Å². The summed E-state index contributed by atoms with van der Waals surface area (Å²) in [6.07, 6.45) is 10.0. The number of phenols is 1. The van der Waals surface area contributed by atoms with Crippen molar-refractivity contribution in [2.45, 2.75) is 18.9 Å². The molecule has 2 N–H and O–H groups in total. The van der Waals surface area contributed by atoms with Gasteiger partial charge in [-0.2, -0.15) is 0 Å². The summed E-state index contributed by atoms with van der Waals surface area (Å²) in [6, 6.07) is 23.6. The largest absolute Gasteiger partial charge is 0.507 e. The highest BCUT2D eigenvalue weighted by atomic mass is 31.1. The van der Waals surface area contributed by atoms with Crippen molar-refractivity contribution in [2.75, 3.05) is 0 Å². The molecular formula is C26H25O2P. The first-order valence-corrected chi connectivity index (χ1v) is 10.9. The van der Waals surface area contributed by atoms with Crippen LogP contribution in [0.1, 0.15) is 29.2 Å². The van der Waals surface area contributed by atoms with E-state index in [4.69, 9.17) is 0 Å². The molecule has 0 radical (unpaired) electrons. The molecule has 146 valence electrons. The summed E-state index contributed by atoms with van der Waals surface area (Å²) < 4.78 is 0. The predicted octanol–water partition coefficient (Wildman–Crippen LogP) is 4.78. The number of hydrogen-bond donors (Lipinski definition) is 2. The lowest BCUT2D eigenvalue weighted by Crippen LogP contribution is -2.14. The van der Waals surface area contributed by atoms with Crippen molar-refractivity contribution >= 4 is 19.2 Å². The van der Waals surface area contributed by atoms with E-state index in [1.165, 1.54) is 5.56 Å². The van der Waals surface area contributed by atoms with E-state index in [2.05, 4.69) is 30.4 Å². The van der Waals surface area contributed by atoms with E-state index in [1.54, 1.807) is 6.07 Å². The highest BCUT2D eigenvalue weighted by Gasteiger charge is 2.16. The third-order valence-electron chi connectivity index (χ3n) is 5.27. The molecule has 0 aliphatic heterocycles. The van der Waals surface area contributed by atoms with E-state index in [0.29, 0.717) is 11.7 Å². The molecule has 0 bridgehead atoms. The Balaban J connectivity index is 1.59. The number of allylic oxidation sites excluding steroid dienone is 4. The quantitative estimate of drug-likeness (QED) is 0.585. The SMILES string of the molecule is Oc1ccc(CC2C=CC=CC2)cc1Pc1ccccc1C(O)c1ccccc1. The van der Waals surface area contributed by atoms with Crippen molar-refractivity contribution in [1.82, 2.24) is 0 Å². The number of aliphatic hydroxyl groups is 1. The van der Waals surface area contributed by atoms with Crippen molar-refractivity contribution in [3.63, 3.8) is 0 Å². The van der Waals surface area contributed by atoms with Crippen molar-refractivity contribution in [3.05, 3.63) is 114 Å². The third-order valence-corrected chi connectivity index (χ3v) is 6.66. The summed E-state index contributed by atoms with van der Waals surface area (Å²) in [7, 11) is 0.279. The average molecular weight is 400 g/mol. The van der Waals surface area contributed by atoms with Gasteiger partial charge in [0, 0.05) is 5.30 Å². The van der Waals surface area contributed by atoms with Crippen LogP contribution in [0.5, 0.6) is 5.75 Å². The normalized spacial score (nSPS) is 17.1. The zero-order valence-electron chi connectivity index (χ0n) is 16.2. The first kappa shape index (κ1) is 19.6. The molecule has 0 amide bonds. The van der Waals surface area contributed by atoms with Gasteiger partial charge in [0.25, 0.3) is 0 Å². The maximum absolute atomic E-state index is 10.9. The molecule has 0 heterocycles. The van der Waals surface area contributed by atoms with Crippen molar-refractivity contribution in [2.24, 2.45) is 5.92 Å². The Morgan fingerprint density at radius 3 is 2.48 bits per heavy atom. The second kappa shape index (κ2) is 9.22. The fourth-order valence-electron chi connectivity index (χ4n) is 3.71. The molecule has 1 aliphatic rings. The average Bonchev–Trinajstić information content (AvgIpc) is 2.77. The van der Waals surface area contributed by atoms with Crippen LogP contribution in [0.3, 0.4) is 0 Å². The van der Waals surface area contributed by atoms with E-state index in [0.717, 1.165) is 34.6 Å². The summed E-state index contributed by atoms with van der Waals surface area (Å²) >= 11 is 0. The highest BCUT2D eigenvalue weighted by Crippen LogP contribution is 2.28. The number of hydrogen-bond acceptors (Lipinski definition) is 2. The van der Waals surface area contributed by atoms with Gasteiger partial charge in [0.05, 0.1) is 0 Å². The van der Waals surface area contributed by atoms with E-state index in [9.17, 15) is 10.2 Å². The molecular weight excluding hydrogens is 375 g/mol. The minimum Gasteiger partial charge on any atom is -0.507 e. The summed E-state index contributed by atoms with van der Waals surface area (Å²) in [5, 5.41) is 23.4. The summed E-state index contributed by atoms with van der Waals surface area (Å²) in [4.78, 5) is 0. The highest BCUT2D eigenvalue weighted by molar-refractivity contribution is 7.55. The van der Waals surface area contributed by atoms with Gasteiger partial charge in [-0.1, -0.05) is 93.5 Å². The standard InChI is InChI=1S/C26H25O2P/c27-23-16-15-20(17-19-9-3-1-4-10-19)18-25(23)29-24-14-8-7-13-22(24)26(28)21-11-5-2-6-12-21/h1-9,11-16,18-19,26-29H,10,17H2. The Hall–Kier alpha value is -2.67. The Morgan fingerprint density at radius 1 is 0.897 bits per heavy atom. The Morgan fingerprint density at radius 2 is 1.69 bits per heavy atom. The molecule has 3 unspecified atom stereocenters. The van der Waals surface area contributed by atoms with Crippen LogP contribution in [-0.4, -0.2) is 10.2 Å². The Bertz CT molecular complexity index is 1020. The topological polar surface area (TPSA) is 40.5 Å². The van der Waals surface area contributed by atoms with Gasteiger partial charge in [0.2, 0.25) is 0 Å². The second-order valence-corrected chi connectivity index (χ2v) is 8.72. The summed E-state index contributed by atoms with van der Waals surface area (Å²) in [6.45, 7) is 0. The van der Waals surface area contributed by atoms with Crippen LogP contribution in [0.4, 0.5) is 0 Å². The fraction of sp³-hybridized carbons (Fsp3) is 0.154. The zero-order valence-corrected chi connectivity index (χ0v) is 17.2. The molecule has 0 fully saturated rings. The molecule has 2 nitrogen and oxygen atoms in total. The molecule has 3 aromatic carbocycles. The van der Waals surface area contributed by atoms with Gasteiger partial charge >= 0.3 is 0 Å². The lowest BCUT2D eigenvalue weighted by Gasteiger charge is -2.17. The first-order valence-electron chi connectivity index (χ1n) is 9.95. The maximum atomic E-state index is 10.9. The van der Waals surface area contributed by atoms with E-state index < -0.39 is 6.10 Å². The summed E-state index contributed by atoms with van der Waals surface area (Å²) in [5.41, 5.74) is 3.00. The number of rotatable bonds is 6. The number of phenolic OH excluding ortho intramolecular Hbond substituents is 1. The summed E-state index contributed by atoms with van der Waals surface area (Å²) in [5.74, 6) is 0.822. The molecule has 4 rings (SSSR count). The van der Waals surface area contributed by atoms with Crippen molar-refractivity contribution in [1.29, 1.82) is 0 Å². The Labute approximate surface area is 174 Å². The molecule has 3 aromatic rings. The smallest absolute Gasteiger partial charge is 0.123 e. The zero-order chi connectivity index (χ0) is 20.1. The number of aliphatic hydroxyl groups excluding tert-OH is 1. The van der Waals surface area contributed by atoms with Gasteiger partial charge in [-0.05, 0) is 52.9 Å². The van der Waals surface area contributed by atoms with Gasteiger partial charge in [0.15, 0.2) is 0 Å². The van der Waals surface area contributed by atoms with Crippen LogP contribution in [-0.2, 0) is 6.42 Å². The van der Waals surface area contributed by atoms with Crippen molar-refractivity contribution < 1.29 is 10.2 Å². The molecule has 1 aliphatic carbocycles. The van der Waals surface area contributed by atoms with E-state index in [-0.39, 0.29) is 8.58 Å². The fourth-order valence-corrected chi connectivity index (χ4v) is 5.01. The van der Waals surface area contributed by atoms with E-state index >= 15 is 0 Å². The first-order chi connectivity index (χ1) is 14.2. The third kappa shape index (κ3) is 4.85. The maximum Gasteiger partial charge on any atom is 0.123 e. The van der Waals surface area contributed by atoms with Gasteiger partial charge in [-0.15, -0.1) is 0 Å². The van der Waals surface area contributed by atoms with Crippen LogP contribution in [0.15, 0.2) is 97.1 Å². The van der Waals surface area contributed by atoms with Gasteiger partial charge < -0.3 is 10.2 Å². The molecule has 3 atom stereocenters. The monoisotopic (exact) mass is 400 g/mol. The molecule has 0 saturated heterocycles. The minimum absolute atomic E-state index is 0.279. The van der Waals surface area contributed by atoms with Gasteiger partial charge in [-0.25, -0.2) is 0 Å². The van der Waals surface area contributed by atoms with Crippen molar-refractivity contribution in [3.8, 4) is 5.75 Å². The molecule has 3 heteroatoms. The molecule has 0 spiro atoms. The van der Waals surface area contributed by atoms with Crippen LogP contribution < -0.4 is 10.6 Å². The predicted molar refractivity (Wildman–Crippen MR) is 123 cm³/mol. The molecule has 0 saturated carbocycles. The van der Waals surface area contributed by atoms with Crippen LogP contribution >= 0.6 is 8.58 Å². The lowest BCUT2D eigenvalue weighted by molar-refractivity contribution is 0.221. The Kier molecular flexibility index (Phi) is 6.24.